The Bertz CT molecular complexity index is 432. The molecule has 94 valence electrons. The van der Waals surface area contributed by atoms with Gasteiger partial charge in [-0.1, -0.05) is 0 Å². The number of aromatic nitrogens is 2. The van der Waals surface area contributed by atoms with E-state index in [1.54, 1.807) is 0 Å². The summed E-state index contributed by atoms with van der Waals surface area (Å²) in [4.78, 5) is 19.7. The van der Waals surface area contributed by atoms with Gasteiger partial charge in [0.1, 0.15) is 6.20 Å². The van der Waals surface area contributed by atoms with Crippen molar-refractivity contribution in [3.8, 4) is 0 Å². The quantitative estimate of drug-likeness (QED) is 0.609. The predicted octanol–water partition coefficient (Wildman–Crippen LogP) is 1.59. The Balaban J connectivity index is 2.85. The molecule has 9 heteroatoms. The molecular formula is C8H9F2N3O4. The summed E-state index contributed by atoms with van der Waals surface area (Å²) >= 11 is 0. The van der Waals surface area contributed by atoms with E-state index in [0.29, 0.717) is 0 Å². The summed E-state index contributed by atoms with van der Waals surface area (Å²) in [5.74, 6) is -1.06. The summed E-state index contributed by atoms with van der Waals surface area (Å²) in [5.41, 5.74) is -1.55. The molecule has 0 atom stereocenters. The molecule has 0 fully saturated rings. The molecule has 0 aliphatic rings. The fraction of sp³-hybridized carbons (Fsp3) is 0.500. The smallest absolute Gasteiger partial charge is 0.316 e. The topological polar surface area (TPSA) is 98.3 Å². The van der Waals surface area contributed by atoms with E-state index >= 15 is 0 Å². The number of aryl methyl sites for hydroxylation is 1. The molecule has 1 N–H and O–H groups in total. The van der Waals surface area contributed by atoms with Crippen LogP contribution in [0.15, 0.2) is 6.20 Å². The summed E-state index contributed by atoms with van der Waals surface area (Å²) in [6.07, 6.45) is -2.42. The second kappa shape index (κ2) is 5.32. The molecule has 0 aliphatic heterocycles. The molecule has 1 heterocycles. The lowest BCUT2D eigenvalue weighted by atomic mass is 10.3. The van der Waals surface area contributed by atoms with Crippen LogP contribution in [0.2, 0.25) is 0 Å². The van der Waals surface area contributed by atoms with Crippen LogP contribution in [0.4, 0.5) is 14.5 Å². The monoisotopic (exact) mass is 249 g/mol. The van der Waals surface area contributed by atoms with Crippen molar-refractivity contribution < 1.29 is 23.6 Å². The first kappa shape index (κ1) is 13.0. The van der Waals surface area contributed by atoms with Crippen molar-refractivity contribution in [2.45, 2.75) is 25.8 Å². The van der Waals surface area contributed by atoms with Crippen LogP contribution in [0.25, 0.3) is 0 Å². The Morgan fingerprint density at radius 3 is 2.76 bits per heavy atom. The summed E-state index contributed by atoms with van der Waals surface area (Å²) in [6.45, 7) is -0.0974. The number of halogens is 2. The van der Waals surface area contributed by atoms with E-state index in [2.05, 4.69) is 5.10 Å². The Morgan fingerprint density at radius 1 is 1.65 bits per heavy atom. The number of rotatable bonds is 6. The average molecular weight is 249 g/mol. The van der Waals surface area contributed by atoms with Crippen molar-refractivity contribution in [3.63, 3.8) is 0 Å². The van der Waals surface area contributed by atoms with Crippen LogP contribution in [-0.4, -0.2) is 25.8 Å². The SMILES string of the molecule is O=C(O)CCCn1ncc([N+](=O)[O-])c1C(F)F. The fourth-order valence-electron chi connectivity index (χ4n) is 1.31. The van der Waals surface area contributed by atoms with Gasteiger partial charge in [0.15, 0.2) is 5.69 Å². The molecule has 1 aromatic rings. The maximum absolute atomic E-state index is 12.6. The van der Waals surface area contributed by atoms with Crippen LogP contribution in [-0.2, 0) is 11.3 Å². The van der Waals surface area contributed by atoms with Gasteiger partial charge in [0.25, 0.3) is 6.43 Å². The number of nitrogens with zero attached hydrogens (tertiary/aromatic N) is 3. The second-order valence-corrected chi connectivity index (χ2v) is 3.19. The molecule has 7 nitrogen and oxygen atoms in total. The summed E-state index contributed by atoms with van der Waals surface area (Å²) in [7, 11) is 0. The molecule has 1 rings (SSSR count). The largest absolute Gasteiger partial charge is 0.481 e. The van der Waals surface area contributed by atoms with E-state index in [9.17, 15) is 23.7 Å². The summed E-state index contributed by atoms with van der Waals surface area (Å²) in [5, 5.41) is 22.3. The molecule has 0 radical (unpaired) electrons. The number of nitro groups is 1. The van der Waals surface area contributed by atoms with Gasteiger partial charge in [-0.3, -0.25) is 19.6 Å². The Hall–Kier alpha value is -2.06. The molecule has 1 aromatic heterocycles. The zero-order valence-corrected chi connectivity index (χ0v) is 8.55. The van der Waals surface area contributed by atoms with Crippen molar-refractivity contribution >= 4 is 11.7 Å². The first-order valence-electron chi connectivity index (χ1n) is 4.63. The fourth-order valence-corrected chi connectivity index (χ4v) is 1.31. The van der Waals surface area contributed by atoms with Gasteiger partial charge < -0.3 is 5.11 Å². The zero-order valence-electron chi connectivity index (χ0n) is 8.55. The first-order chi connectivity index (χ1) is 7.93. The number of aliphatic carboxylic acids is 1. The normalized spacial score (nSPS) is 10.8. The number of alkyl halides is 2. The van der Waals surface area contributed by atoms with Gasteiger partial charge in [-0.15, -0.1) is 0 Å². The zero-order chi connectivity index (χ0) is 13.0. The lowest BCUT2D eigenvalue weighted by Crippen LogP contribution is -2.08. The highest BCUT2D eigenvalue weighted by atomic mass is 19.3. The predicted molar refractivity (Wildman–Crippen MR) is 50.7 cm³/mol. The third kappa shape index (κ3) is 3.20. The van der Waals surface area contributed by atoms with E-state index in [1.807, 2.05) is 0 Å². The number of carbonyl (C=O) groups is 1. The maximum atomic E-state index is 12.6. The van der Waals surface area contributed by atoms with Gasteiger partial charge in [0.2, 0.25) is 0 Å². The minimum atomic E-state index is -3.03. The molecular weight excluding hydrogens is 240 g/mol. The van der Waals surface area contributed by atoms with Gasteiger partial charge in [0.05, 0.1) is 4.92 Å². The van der Waals surface area contributed by atoms with Crippen LogP contribution in [0.1, 0.15) is 25.0 Å². The molecule has 0 aromatic carbocycles. The average Bonchev–Trinajstić information content (AvgIpc) is 2.61. The molecule has 0 amide bonds. The van der Waals surface area contributed by atoms with Crippen molar-refractivity contribution in [1.29, 1.82) is 0 Å². The summed E-state index contributed by atoms with van der Waals surface area (Å²) < 4.78 is 25.9. The lowest BCUT2D eigenvalue weighted by Gasteiger charge is -2.04. The molecule has 0 aliphatic carbocycles. The van der Waals surface area contributed by atoms with Crippen LogP contribution < -0.4 is 0 Å². The highest BCUT2D eigenvalue weighted by Gasteiger charge is 2.27. The van der Waals surface area contributed by atoms with E-state index in [1.165, 1.54) is 0 Å². The van der Waals surface area contributed by atoms with Crippen LogP contribution in [0.5, 0.6) is 0 Å². The standard InChI is InChI=1S/C8H9F2N3O4/c9-8(10)7-5(13(16)17)4-11-12(7)3-1-2-6(14)15/h4,8H,1-3H2,(H,14,15). The van der Waals surface area contributed by atoms with Gasteiger partial charge in [-0.2, -0.15) is 5.10 Å². The van der Waals surface area contributed by atoms with Crippen LogP contribution >= 0.6 is 0 Å². The number of hydrogen-bond donors (Lipinski definition) is 1. The molecule has 0 unspecified atom stereocenters. The maximum Gasteiger partial charge on any atom is 0.316 e. The van der Waals surface area contributed by atoms with E-state index in [0.717, 1.165) is 10.9 Å². The van der Waals surface area contributed by atoms with Gasteiger partial charge >= 0.3 is 11.7 Å². The third-order valence-electron chi connectivity index (χ3n) is 2.02. The number of carboxylic acids is 1. The van der Waals surface area contributed by atoms with Gasteiger partial charge in [-0.05, 0) is 6.42 Å². The highest BCUT2D eigenvalue weighted by molar-refractivity contribution is 5.66. The summed E-state index contributed by atoms with van der Waals surface area (Å²) in [6, 6.07) is 0. The molecule has 0 saturated carbocycles. The molecule has 0 saturated heterocycles. The van der Waals surface area contributed by atoms with Crippen molar-refractivity contribution in [2.75, 3.05) is 0 Å². The first-order valence-corrected chi connectivity index (χ1v) is 4.63. The van der Waals surface area contributed by atoms with Crippen LogP contribution in [0.3, 0.4) is 0 Å². The van der Waals surface area contributed by atoms with E-state index in [-0.39, 0.29) is 19.4 Å². The molecule has 0 spiro atoms. The Labute approximate surface area is 93.8 Å². The molecule has 0 bridgehead atoms. The van der Waals surface area contributed by atoms with Gasteiger partial charge in [0, 0.05) is 13.0 Å². The number of carboxylic acid groups (broad SMARTS) is 1. The van der Waals surface area contributed by atoms with Crippen molar-refractivity contribution in [2.24, 2.45) is 0 Å². The van der Waals surface area contributed by atoms with Crippen molar-refractivity contribution in [3.05, 3.63) is 22.0 Å². The van der Waals surface area contributed by atoms with E-state index < -0.39 is 28.7 Å². The minimum absolute atomic E-state index is 0.0773. The van der Waals surface area contributed by atoms with Gasteiger partial charge in [-0.25, -0.2) is 8.78 Å². The Morgan fingerprint density at radius 2 is 2.29 bits per heavy atom. The van der Waals surface area contributed by atoms with Crippen LogP contribution in [0, 0.1) is 10.1 Å². The third-order valence-corrected chi connectivity index (χ3v) is 2.02. The molecule has 17 heavy (non-hydrogen) atoms. The number of hydrogen-bond acceptors (Lipinski definition) is 4. The van der Waals surface area contributed by atoms with Crippen molar-refractivity contribution in [1.82, 2.24) is 9.78 Å². The second-order valence-electron chi connectivity index (χ2n) is 3.19. The Kier molecular flexibility index (Phi) is 4.07. The highest BCUT2D eigenvalue weighted by Crippen LogP contribution is 2.28. The lowest BCUT2D eigenvalue weighted by molar-refractivity contribution is -0.386. The minimum Gasteiger partial charge on any atom is -0.481 e. The van der Waals surface area contributed by atoms with E-state index in [4.69, 9.17) is 5.11 Å².